The van der Waals surface area contributed by atoms with Gasteiger partial charge in [-0.05, 0) is 36.4 Å². The van der Waals surface area contributed by atoms with Crippen LogP contribution in [-0.4, -0.2) is 0 Å². The molecule has 0 unspecified atom stereocenters. The molecule has 0 spiro atoms. The van der Waals surface area contributed by atoms with Crippen LogP contribution in [-0.2, 0) is 0 Å². The molecule has 0 amide bonds. The molecule has 3 heteroatoms. The SMILES string of the molecule is Clc1ccc2c(c1)Oc1ccccc1N2c1ccccc1. The average Bonchev–Trinajstić information content (AvgIpc) is 2.53. The van der Waals surface area contributed by atoms with Crippen LogP contribution >= 0.6 is 11.6 Å². The molecule has 21 heavy (non-hydrogen) atoms. The van der Waals surface area contributed by atoms with E-state index in [0.29, 0.717) is 5.02 Å². The van der Waals surface area contributed by atoms with Gasteiger partial charge in [0.15, 0.2) is 11.5 Å². The van der Waals surface area contributed by atoms with E-state index in [0.717, 1.165) is 28.6 Å². The van der Waals surface area contributed by atoms with Crippen molar-refractivity contribution in [2.75, 3.05) is 4.90 Å². The number of rotatable bonds is 1. The van der Waals surface area contributed by atoms with Gasteiger partial charge in [-0.15, -0.1) is 0 Å². The van der Waals surface area contributed by atoms with Crippen molar-refractivity contribution >= 4 is 28.7 Å². The summed E-state index contributed by atoms with van der Waals surface area (Å²) in [5.74, 6) is 1.60. The van der Waals surface area contributed by atoms with Crippen LogP contribution in [0.15, 0.2) is 72.8 Å². The molecule has 102 valence electrons. The molecule has 0 radical (unpaired) electrons. The number of para-hydroxylation sites is 3. The average molecular weight is 294 g/mol. The van der Waals surface area contributed by atoms with Gasteiger partial charge in [0.2, 0.25) is 0 Å². The minimum absolute atomic E-state index is 0.668. The minimum Gasteiger partial charge on any atom is -0.453 e. The van der Waals surface area contributed by atoms with Gasteiger partial charge in [-0.1, -0.05) is 41.9 Å². The second-order valence-corrected chi connectivity index (χ2v) is 5.29. The Morgan fingerprint density at radius 1 is 0.714 bits per heavy atom. The van der Waals surface area contributed by atoms with Gasteiger partial charge in [-0.25, -0.2) is 0 Å². The van der Waals surface area contributed by atoms with Crippen LogP contribution in [0.25, 0.3) is 0 Å². The summed E-state index contributed by atoms with van der Waals surface area (Å²) in [6, 6.07) is 24.0. The molecule has 1 aliphatic rings. The highest BCUT2D eigenvalue weighted by Gasteiger charge is 2.25. The van der Waals surface area contributed by atoms with Crippen LogP contribution in [0.1, 0.15) is 0 Å². The molecular formula is C18H12ClNO. The molecule has 0 N–H and O–H groups in total. The Balaban J connectivity index is 1.97. The van der Waals surface area contributed by atoms with Crippen LogP contribution in [0.5, 0.6) is 11.5 Å². The largest absolute Gasteiger partial charge is 0.453 e. The van der Waals surface area contributed by atoms with Gasteiger partial charge < -0.3 is 9.64 Å². The summed E-state index contributed by atoms with van der Waals surface area (Å²) in [6.45, 7) is 0. The maximum absolute atomic E-state index is 6.10. The van der Waals surface area contributed by atoms with Crippen molar-refractivity contribution < 1.29 is 4.74 Å². The predicted octanol–water partition coefficient (Wildman–Crippen LogP) is 5.92. The minimum atomic E-state index is 0.668. The summed E-state index contributed by atoms with van der Waals surface area (Å²) in [7, 11) is 0. The lowest BCUT2D eigenvalue weighted by Crippen LogP contribution is -2.15. The Hall–Kier alpha value is -2.45. The van der Waals surface area contributed by atoms with E-state index in [1.165, 1.54) is 0 Å². The highest BCUT2D eigenvalue weighted by molar-refractivity contribution is 6.30. The van der Waals surface area contributed by atoms with E-state index in [4.69, 9.17) is 16.3 Å². The number of ether oxygens (including phenoxy) is 1. The molecule has 0 fully saturated rings. The van der Waals surface area contributed by atoms with E-state index in [1.54, 1.807) is 0 Å². The zero-order valence-electron chi connectivity index (χ0n) is 11.2. The number of anilines is 3. The van der Waals surface area contributed by atoms with Crippen molar-refractivity contribution in [2.24, 2.45) is 0 Å². The summed E-state index contributed by atoms with van der Waals surface area (Å²) in [5.41, 5.74) is 3.11. The molecule has 0 aliphatic carbocycles. The van der Waals surface area contributed by atoms with Crippen LogP contribution in [0.2, 0.25) is 5.02 Å². The maximum Gasteiger partial charge on any atom is 0.153 e. The predicted molar refractivity (Wildman–Crippen MR) is 86.2 cm³/mol. The molecule has 0 saturated carbocycles. The summed E-state index contributed by atoms with van der Waals surface area (Å²) < 4.78 is 5.98. The molecular weight excluding hydrogens is 282 g/mol. The van der Waals surface area contributed by atoms with Gasteiger partial charge in [0.1, 0.15) is 0 Å². The molecule has 0 aromatic heterocycles. The fourth-order valence-corrected chi connectivity index (χ4v) is 2.75. The van der Waals surface area contributed by atoms with Crippen molar-refractivity contribution in [1.29, 1.82) is 0 Å². The Morgan fingerprint density at radius 3 is 2.29 bits per heavy atom. The van der Waals surface area contributed by atoms with Crippen LogP contribution in [0.3, 0.4) is 0 Å². The van der Waals surface area contributed by atoms with E-state index < -0.39 is 0 Å². The monoisotopic (exact) mass is 293 g/mol. The van der Waals surface area contributed by atoms with Gasteiger partial charge in [0, 0.05) is 16.8 Å². The number of halogens is 1. The molecule has 1 heterocycles. The summed E-state index contributed by atoms with van der Waals surface area (Å²) in [4.78, 5) is 2.19. The third-order valence-electron chi connectivity index (χ3n) is 3.50. The lowest BCUT2D eigenvalue weighted by Gasteiger charge is -2.32. The summed E-state index contributed by atoms with van der Waals surface area (Å²) in [5, 5.41) is 0.668. The number of fused-ring (bicyclic) bond motifs is 2. The summed E-state index contributed by atoms with van der Waals surface area (Å²) >= 11 is 6.10. The smallest absolute Gasteiger partial charge is 0.153 e. The second-order valence-electron chi connectivity index (χ2n) is 4.85. The normalized spacial score (nSPS) is 12.3. The van der Waals surface area contributed by atoms with Crippen LogP contribution in [0, 0.1) is 0 Å². The van der Waals surface area contributed by atoms with Crippen molar-refractivity contribution in [3.05, 3.63) is 77.8 Å². The topological polar surface area (TPSA) is 12.5 Å². The van der Waals surface area contributed by atoms with Crippen molar-refractivity contribution in [3.8, 4) is 11.5 Å². The molecule has 0 atom stereocenters. The molecule has 2 nitrogen and oxygen atoms in total. The highest BCUT2D eigenvalue weighted by Crippen LogP contribution is 2.50. The zero-order chi connectivity index (χ0) is 14.2. The fourth-order valence-electron chi connectivity index (χ4n) is 2.59. The van der Waals surface area contributed by atoms with E-state index in [9.17, 15) is 0 Å². The Kier molecular flexibility index (Phi) is 2.83. The quantitative estimate of drug-likeness (QED) is 0.432. The highest BCUT2D eigenvalue weighted by atomic mass is 35.5. The van der Waals surface area contributed by atoms with E-state index in [2.05, 4.69) is 23.1 Å². The van der Waals surface area contributed by atoms with Gasteiger partial charge in [-0.3, -0.25) is 0 Å². The Morgan fingerprint density at radius 2 is 1.43 bits per heavy atom. The number of benzene rings is 3. The molecule has 0 bridgehead atoms. The van der Waals surface area contributed by atoms with E-state index >= 15 is 0 Å². The lowest BCUT2D eigenvalue weighted by atomic mass is 10.1. The molecule has 0 saturated heterocycles. The van der Waals surface area contributed by atoms with Gasteiger partial charge >= 0.3 is 0 Å². The van der Waals surface area contributed by atoms with Gasteiger partial charge in [0.25, 0.3) is 0 Å². The van der Waals surface area contributed by atoms with Crippen molar-refractivity contribution in [3.63, 3.8) is 0 Å². The van der Waals surface area contributed by atoms with E-state index in [1.807, 2.05) is 54.6 Å². The van der Waals surface area contributed by atoms with Crippen molar-refractivity contribution in [1.82, 2.24) is 0 Å². The van der Waals surface area contributed by atoms with Gasteiger partial charge in [-0.2, -0.15) is 0 Å². The second kappa shape index (κ2) is 4.83. The van der Waals surface area contributed by atoms with Gasteiger partial charge in [0.05, 0.1) is 11.4 Å². The molecule has 4 rings (SSSR count). The number of hydrogen-bond acceptors (Lipinski definition) is 2. The van der Waals surface area contributed by atoms with E-state index in [-0.39, 0.29) is 0 Å². The summed E-state index contributed by atoms with van der Waals surface area (Å²) in [6.07, 6.45) is 0. The first kappa shape index (κ1) is 12.3. The van der Waals surface area contributed by atoms with Crippen molar-refractivity contribution in [2.45, 2.75) is 0 Å². The first-order valence-corrected chi connectivity index (χ1v) is 7.12. The fraction of sp³-hybridized carbons (Fsp3) is 0. The standard InChI is InChI=1S/C18H12ClNO/c19-13-10-11-16-18(12-13)21-17-9-5-4-8-15(17)20(16)14-6-2-1-3-7-14/h1-12H. The maximum atomic E-state index is 6.10. The molecule has 3 aromatic carbocycles. The number of nitrogens with zero attached hydrogens (tertiary/aromatic N) is 1. The number of hydrogen-bond donors (Lipinski definition) is 0. The molecule has 3 aromatic rings. The Labute approximate surface area is 128 Å². The lowest BCUT2D eigenvalue weighted by molar-refractivity contribution is 0.477. The third-order valence-corrected chi connectivity index (χ3v) is 3.74. The molecule has 1 aliphatic heterocycles. The first-order valence-electron chi connectivity index (χ1n) is 6.74. The zero-order valence-corrected chi connectivity index (χ0v) is 11.9. The van der Waals surface area contributed by atoms with Crippen LogP contribution in [0.4, 0.5) is 17.1 Å². The first-order chi connectivity index (χ1) is 10.3. The van der Waals surface area contributed by atoms with Crippen LogP contribution < -0.4 is 9.64 Å². The Bertz CT molecular complexity index is 801. The third kappa shape index (κ3) is 2.05.